The molecule has 3 atom stereocenters. The molecule has 196 valence electrons. The molecule has 4 aliphatic rings. The second-order valence-corrected chi connectivity index (χ2v) is 11.4. The normalized spacial score (nSPS) is 22.7. The van der Waals surface area contributed by atoms with Crippen molar-refractivity contribution in [1.29, 1.82) is 0 Å². The number of anilines is 1. The third kappa shape index (κ3) is 3.73. The molecule has 0 radical (unpaired) electrons. The first-order valence-electron chi connectivity index (χ1n) is 13.1. The number of carbonyl (C=O) groups is 2. The molecule has 0 spiro atoms. The minimum atomic E-state index is -0.387. The van der Waals surface area contributed by atoms with Gasteiger partial charge in [0.15, 0.2) is 5.13 Å². The predicted octanol–water partition coefficient (Wildman–Crippen LogP) is 3.82. The first-order chi connectivity index (χ1) is 18.5. The molecule has 2 aromatic carbocycles. The van der Waals surface area contributed by atoms with Crippen LogP contribution in [0, 0.1) is 11.7 Å². The summed E-state index contributed by atoms with van der Waals surface area (Å²) in [5.41, 5.74) is 9.29. The number of nitrogens with two attached hydrogens (primary N) is 1. The Morgan fingerprint density at radius 1 is 1.18 bits per heavy atom. The molecule has 3 aliphatic heterocycles. The van der Waals surface area contributed by atoms with E-state index in [-0.39, 0.29) is 40.5 Å². The number of halogens is 1. The molecule has 4 heterocycles. The van der Waals surface area contributed by atoms with E-state index in [0.29, 0.717) is 53.9 Å². The summed E-state index contributed by atoms with van der Waals surface area (Å²) in [6.45, 7) is 1.44. The number of thiazole rings is 1. The van der Waals surface area contributed by atoms with Gasteiger partial charge >= 0.3 is 0 Å². The van der Waals surface area contributed by atoms with Gasteiger partial charge in [-0.05, 0) is 48.9 Å². The van der Waals surface area contributed by atoms with Crippen LogP contribution in [0.25, 0.3) is 10.4 Å². The highest BCUT2D eigenvalue weighted by Crippen LogP contribution is 2.45. The Morgan fingerprint density at radius 2 is 2.05 bits per heavy atom. The SMILES string of the molecule is Nc1nc(C(=O)N2[C@@H]3CC[C@@H](C3)[C@H]2CNC(=O)c2c3c(cc4c2OCC4)OCC3)c(-c2cccc(F)c2)s1. The summed E-state index contributed by atoms with van der Waals surface area (Å²) < 4.78 is 25.6. The van der Waals surface area contributed by atoms with Crippen molar-refractivity contribution in [3.8, 4) is 21.9 Å². The molecule has 0 unspecified atom stereocenters. The lowest BCUT2D eigenvalue weighted by molar-refractivity contribution is 0.0577. The van der Waals surface area contributed by atoms with Gasteiger partial charge in [-0.1, -0.05) is 23.5 Å². The lowest BCUT2D eigenvalue weighted by atomic mass is 9.96. The number of fused-ring (bicyclic) bond motifs is 4. The van der Waals surface area contributed by atoms with Gasteiger partial charge in [0.1, 0.15) is 23.0 Å². The molecule has 38 heavy (non-hydrogen) atoms. The molecule has 1 saturated heterocycles. The maximum atomic E-state index is 14.0. The monoisotopic (exact) mass is 534 g/mol. The van der Waals surface area contributed by atoms with Crippen molar-refractivity contribution in [3.63, 3.8) is 0 Å². The largest absolute Gasteiger partial charge is 0.493 e. The van der Waals surface area contributed by atoms with Gasteiger partial charge in [0.2, 0.25) is 0 Å². The van der Waals surface area contributed by atoms with E-state index in [1.54, 1.807) is 12.1 Å². The highest BCUT2D eigenvalue weighted by molar-refractivity contribution is 7.19. The van der Waals surface area contributed by atoms with Crippen LogP contribution in [-0.4, -0.2) is 53.5 Å². The number of nitrogen functional groups attached to an aromatic ring is 1. The highest BCUT2D eigenvalue weighted by atomic mass is 32.1. The van der Waals surface area contributed by atoms with Crippen LogP contribution in [0.2, 0.25) is 0 Å². The standard InChI is InChI=1S/C28H27FN4O4S/c29-17-3-1-2-16(10-17)25-23(32-28(30)38-25)27(35)33-18-5-4-14(11-18)20(33)13-31-26(34)22-19-7-9-36-21(19)12-15-6-8-37-24(15)22/h1-3,10,12,14,18,20H,4-9,11,13H2,(H2,30,32)(H,31,34)/t14-,18+,20+/m0/s1. The maximum absolute atomic E-state index is 14.0. The number of hydrogen-bond donors (Lipinski definition) is 2. The van der Waals surface area contributed by atoms with Crippen molar-refractivity contribution in [2.75, 3.05) is 25.5 Å². The van der Waals surface area contributed by atoms with Gasteiger partial charge < -0.3 is 25.4 Å². The number of nitrogens with one attached hydrogen (secondary N) is 1. The number of ether oxygens (including phenoxy) is 2. The van der Waals surface area contributed by atoms with E-state index in [4.69, 9.17) is 15.2 Å². The van der Waals surface area contributed by atoms with E-state index in [1.807, 2.05) is 11.0 Å². The van der Waals surface area contributed by atoms with E-state index in [1.165, 1.54) is 23.5 Å². The highest BCUT2D eigenvalue weighted by Gasteiger charge is 2.49. The van der Waals surface area contributed by atoms with Gasteiger partial charge in [0, 0.05) is 36.6 Å². The fourth-order valence-corrected chi connectivity index (χ4v) is 7.43. The number of benzene rings is 2. The first-order valence-corrected chi connectivity index (χ1v) is 13.9. The van der Waals surface area contributed by atoms with Crippen LogP contribution in [0.4, 0.5) is 9.52 Å². The van der Waals surface area contributed by atoms with Crippen LogP contribution in [0.3, 0.4) is 0 Å². The van der Waals surface area contributed by atoms with Crippen LogP contribution in [0.1, 0.15) is 51.2 Å². The van der Waals surface area contributed by atoms with Crippen molar-refractivity contribution in [2.45, 2.75) is 44.2 Å². The molecule has 1 saturated carbocycles. The summed E-state index contributed by atoms with van der Waals surface area (Å²) in [6, 6.07) is 8.03. The van der Waals surface area contributed by atoms with Crippen molar-refractivity contribution in [3.05, 3.63) is 58.5 Å². The smallest absolute Gasteiger partial charge is 0.274 e. The van der Waals surface area contributed by atoms with Gasteiger partial charge in [0.05, 0.1) is 29.7 Å². The van der Waals surface area contributed by atoms with Crippen LogP contribution in [0.5, 0.6) is 11.5 Å². The van der Waals surface area contributed by atoms with E-state index < -0.39 is 0 Å². The van der Waals surface area contributed by atoms with Crippen LogP contribution in [0.15, 0.2) is 30.3 Å². The topological polar surface area (TPSA) is 107 Å². The average molecular weight is 535 g/mol. The second-order valence-electron chi connectivity index (χ2n) is 10.4. The fraction of sp³-hybridized carbons (Fsp3) is 0.393. The third-order valence-corrected chi connectivity index (χ3v) is 9.19. The molecule has 7 rings (SSSR count). The number of likely N-dealkylation sites (tertiary alicyclic amines) is 1. The zero-order valence-electron chi connectivity index (χ0n) is 20.7. The van der Waals surface area contributed by atoms with Gasteiger partial charge in [-0.25, -0.2) is 9.37 Å². The van der Waals surface area contributed by atoms with Crippen LogP contribution < -0.4 is 20.5 Å². The van der Waals surface area contributed by atoms with Crippen molar-refractivity contribution < 1.29 is 23.5 Å². The Bertz CT molecular complexity index is 1440. The predicted molar refractivity (Wildman–Crippen MR) is 140 cm³/mol. The number of piperidine rings is 1. The van der Waals surface area contributed by atoms with E-state index in [2.05, 4.69) is 10.3 Å². The molecular formula is C28H27FN4O4S. The van der Waals surface area contributed by atoms with Gasteiger partial charge in [-0.15, -0.1) is 0 Å². The molecule has 2 fully saturated rings. The van der Waals surface area contributed by atoms with E-state index in [0.717, 1.165) is 42.6 Å². The molecule has 2 amide bonds. The minimum Gasteiger partial charge on any atom is -0.493 e. The van der Waals surface area contributed by atoms with Crippen molar-refractivity contribution >= 4 is 28.3 Å². The number of nitrogens with zero attached hydrogens (tertiary/aromatic N) is 2. The Kier molecular flexibility index (Phi) is 5.54. The number of hydrogen-bond acceptors (Lipinski definition) is 7. The maximum Gasteiger partial charge on any atom is 0.274 e. The molecule has 1 aromatic heterocycles. The second kappa shape index (κ2) is 8.97. The van der Waals surface area contributed by atoms with Crippen molar-refractivity contribution in [1.82, 2.24) is 15.2 Å². The molecule has 3 N–H and O–H groups in total. The molecule has 2 bridgehead atoms. The van der Waals surface area contributed by atoms with Gasteiger partial charge in [-0.2, -0.15) is 0 Å². The Labute approximate surface area is 222 Å². The average Bonchev–Trinajstić information content (AvgIpc) is 3.73. The Balaban J connectivity index is 1.16. The number of carbonyl (C=O) groups excluding carboxylic acids is 2. The molecular weight excluding hydrogens is 507 g/mol. The Morgan fingerprint density at radius 3 is 2.92 bits per heavy atom. The quantitative estimate of drug-likeness (QED) is 0.516. The van der Waals surface area contributed by atoms with E-state index in [9.17, 15) is 14.0 Å². The van der Waals surface area contributed by atoms with E-state index >= 15 is 0 Å². The number of amides is 2. The first kappa shape index (κ1) is 23.5. The lowest BCUT2D eigenvalue weighted by Gasteiger charge is -2.35. The minimum absolute atomic E-state index is 0.0830. The summed E-state index contributed by atoms with van der Waals surface area (Å²) in [5.74, 6) is 0.917. The van der Waals surface area contributed by atoms with Crippen LogP contribution in [-0.2, 0) is 12.8 Å². The fourth-order valence-electron chi connectivity index (χ4n) is 6.61. The van der Waals surface area contributed by atoms with Gasteiger partial charge in [-0.3, -0.25) is 9.59 Å². The summed E-state index contributed by atoms with van der Waals surface area (Å²) in [4.78, 5) is 34.3. The molecule has 10 heteroatoms. The third-order valence-electron chi connectivity index (χ3n) is 8.26. The number of aromatic nitrogens is 1. The zero-order chi connectivity index (χ0) is 26.0. The molecule has 1 aliphatic carbocycles. The molecule has 3 aromatic rings. The molecule has 8 nitrogen and oxygen atoms in total. The zero-order valence-corrected chi connectivity index (χ0v) is 21.5. The Hall–Kier alpha value is -3.66. The summed E-state index contributed by atoms with van der Waals surface area (Å²) in [5, 5.41) is 3.38. The van der Waals surface area contributed by atoms with Crippen LogP contribution >= 0.6 is 11.3 Å². The van der Waals surface area contributed by atoms with Crippen molar-refractivity contribution in [2.24, 2.45) is 5.92 Å². The summed E-state index contributed by atoms with van der Waals surface area (Å²) in [7, 11) is 0. The number of rotatable bonds is 5. The summed E-state index contributed by atoms with van der Waals surface area (Å²) >= 11 is 1.18. The lowest BCUT2D eigenvalue weighted by Crippen LogP contribution is -2.50. The van der Waals surface area contributed by atoms with Gasteiger partial charge in [0.25, 0.3) is 11.8 Å². The summed E-state index contributed by atoms with van der Waals surface area (Å²) in [6.07, 6.45) is 4.25.